The zero-order chi connectivity index (χ0) is 12.4. The Kier molecular flexibility index (Phi) is 3.10. The zero-order valence-corrected chi connectivity index (χ0v) is 9.70. The van der Waals surface area contributed by atoms with E-state index in [2.05, 4.69) is 9.97 Å². The van der Waals surface area contributed by atoms with Crippen molar-refractivity contribution in [2.75, 3.05) is 5.73 Å². The molecule has 0 radical (unpaired) electrons. The number of nitrogens with zero attached hydrogens (tertiary/aromatic N) is 2. The molecule has 0 saturated heterocycles. The van der Waals surface area contributed by atoms with E-state index in [-0.39, 0.29) is 22.7 Å². The number of benzene rings is 1. The molecule has 0 fully saturated rings. The van der Waals surface area contributed by atoms with Crippen LogP contribution < -0.4 is 10.5 Å². The Bertz CT molecular complexity index is 562. The molecule has 4 nitrogen and oxygen atoms in total. The molecule has 0 aliphatic carbocycles. The molecule has 17 heavy (non-hydrogen) atoms. The van der Waals surface area contributed by atoms with Crippen LogP contribution in [0.15, 0.2) is 24.4 Å². The fourth-order valence-electron chi connectivity index (χ4n) is 1.27. The maximum atomic E-state index is 12.9. The lowest BCUT2D eigenvalue weighted by molar-refractivity contribution is 0.459. The minimum atomic E-state index is -0.330. The minimum absolute atomic E-state index is 0.0361. The molecule has 0 aliphatic heterocycles. The quantitative estimate of drug-likeness (QED) is 0.836. The molecule has 0 spiro atoms. The van der Waals surface area contributed by atoms with E-state index in [4.69, 9.17) is 22.1 Å². The molecule has 0 aliphatic rings. The smallest absolute Gasteiger partial charge is 0.247 e. The van der Waals surface area contributed by atoms with Gasteiger partial charge in [-0.05, 0) is 42.3 Å². The number of nitrogen functional groups attached to an aromatic ring is 1. The zero-order valence-electron chi connectivity index (χ0n) is 8.95. The predicted molar refractivity (Wildman–Crippen MR) is 62.7 cm³/mol. The van der Waals surface area contributed by atoms with Crippen LogP contribution >= 0.6 is 11.6 Å². The Morgan fingerprint density at radius 3 is 2.88 bits per heavy atom. The van der Waals surface area contributed by atoms with E-state index in [9.17, 15) is 4.39 Å². The van der Waals surface area contributed by atoms with Gasteiger partial charge < -0.3 is 10.5 Å². The van der Waals surface area contributed by atoms with Gasteiger partial charge in [-0.3, -0.25) is 0 Å². The molecule has 1 heterocycles. The highest BCUT2D eigenvalue weighted by Gasteiger charge is 2.08. The molecule has 1 aromatic carbocycles. The molecule has 0 bridgehead atoms. The van der Waals surface area contributed by atoms with Crippen LogP contribution in [0.1, 0.15) is 5.56 Å². The third-order valence-corrected chi connectivity index (χ3v) is 2.28. The van der Waals surface area contributed by atoms with Crippen molar-refractivity contribution in [3.05, 3.63) is 41.1 Å². The van der Waals surface area contributed by atoms with Crippen molar-refractivity contribution in [3.63, 3.8) is 0 Å². The number of aromatic nitrogens is 2. The fraction of sp³-hybridized carbons (Fsp3) is 0.0909. The van der Waals surface area contributed by atoms with E-state index < -0.39 is 0 Å². The summed E-state index contributed by atoms with van der Waals surface area (Å²) in [5, 5.41) is 0.0361. The van der Waals surface area contributed by atoms with Crippen LogP contribution in [0, 0.1) is 12.7 Å². The molecular formula is C11H9ClFN3O. The lowest BCUT2D eigenvalue weighted by atomic mass is 10.2. The Balaban J connectivity index is 2.34. The van der Waals surface area contributed by atoms with Gasteiger partial charge in [0.25, 0.3) is 0 Å². The number of halogens is 2. The maximum absolute atomic E-state index is 12.9. The Morgan fingerprint density at radius 1 is 1.41 bits per heavy atom. The van der Waals surface area contributed by atoms with Gasteiger partial charge in [0.2, 0.25) is 11.2 Å². The van der Waals surface area contributed by atoms with Crippen LogP contribution in [-0.2, 0) is 0 Å². The maximum Gasteiger partial charge on any atom is 0.247 e. The van der Waals surface area contributed by atoms with E-state index in [0.29, 0.717) is 11.3 Å². The van der Waals surface area contributed by atoms with Gasteiger partial charge in [0.1, 0.15) is 17.3 Å². The van der Waals surface area contributed by atoms with Gasteiger partial charge in [-0.2, -0.15) is 4.98 Å². The summed E-state index contributed by atoms with van der Waals surface area (Å²) in [7, 11) is 0. The van der Waals surface area contributed by atoms with Crippen molar-refractivity contribution in [1.29, 1.82) is 0 Å². The molecule has 1 aromatic heterocycles. The number of ether oxygens (including phenoxy) is 1. The van der Waals surface area contributed by atoms with Gasteiger partial charge in [-0.15, -0.1) is 0 Å². The second-order valence-electron chi connectivity index (χ2n) is 3.41. The lowest BCUT2D eigenvalue weighted by Crippen LogP contribution is -1.98. The second-order valence-corrected chi connectivity index (χ2v) is 3.75. The van der Waals surface area contributed by atoms with Crippen molar-refractivity contribution in [2.24, 2.45) is 0 Å². The topological polar surface area (TPSA) is 61.0 Å². The number of rotatable bonds is 2. The van der Waals surface area contributed by atoms with Crippen LogP contribution in [0.5, 0.6) is 11.6 Å². The van der Waals surface area contributed by atoms with E-state index in [1.807, 2.05) is 0 Å². The highest BCUT2D eigenvalue weighted by Crippen LogP contribution is 2.28. The molecule has 0 atom stereocenters. The molecule has 2 aromatic rings. The highest BCUT2D eigenvalue weighted by molar-refractivity contribution is 6.28. The normalized spacial score (nSPS) is 10.3. The summed E-state index contributed by atoms with van der Waals surface area (Å²) in [4.78, 5) is 7.55. The number of hydrogen-bond acceptors (Lipinski definition) is 4. The third kappa shape index (κ3) is 2.62. The van der Waals surface area contributed by atoms with Gasteiger partial charge >= 0.3 is 0 Å². The monoisotopic (exact) mass is 253 g/mol. The molecule has 0 amide bonds. The van der Waals surface area contributed by atoms with Gasteiger partial charge in [0.15, 0.2) is 0 Å². The first kappa shape index (κ1) is 11.6. The van der Waals surface area contributed by atoms with E-state index in [1.165, 1.54) is 24.4 Å². The third-order valence-electron chi connectivity index (χ3n) is 2.09. The number of aryl methyl sites for hydroxylation is 1. The highest BCUT2D eigenvalue weighted by atomic mass is 35.5. The summed E-state index contributed by atoms with van der Waals surface area (Å²) >= 11 is 5.63. The number of nitrogens with two attached hydrogens (primary N) is 1. The van der Waals surface area contributed by atoms with E-state index in [1.54, 1.807) is 6.92 Å². The van der Waals surface area contributed by atoms with E-state index >= 15 is 0 Å². The molecule has 0 unspecified atom stereocenters. The minimum Gasteiger partial charge on any atom is -0.437 e. The first-order valence-electron chi connectivity index (χ1n) is 4.78. The Morgan fingerprint density at radius 2 is 2.18 bits per heavy atom. The van der Waals surface area contributed by atoms with Crippen molar-refractivity contribution >= 4 is 17.3 Å². The largest absolute Gasteiger partial charge is 0.437 e. The molecule has 6 heteroatoms. The summed E-state index contributed by atoms with van der Waals surface area (Å²) in [6, 6.07) is 4.15. The lowest BCUT2D eigenvalue weighted by Gasteiger charge is -2.09. The molecule has 2 N–H and O–H groups in total. The Hall–Kier alpha value is -1.88. The van der Waals surface area contributed by atoms with Crippen LogP contribution in [0.4, 0.5) is 10.1 Å². The first-order chi connectivity index (χ1) is 8.06. The van der Waals surface area contributed by atoms with Gasteiger partial charge in [0, 0.05) is 0 Å². The summed E-state index contributed by atoms with van der Waals surface area (Å²) < 4.78 is 18.4. The SMILES string of the molecule is Cc1cc(F)ccc1Oc1nc(Cl)ncc1N. The standard InChI is InChI=1S/C11H9ClFN3O/c1-6-4-7(13)2-3-9(6)17-10-8(14)5-15-11(12)16-10/h2-5H,14H2,1H3. The number of hydrogen-bond donors (Lipinski definition) is 1. The van der Waals surface area contributed by atoms with Crippen molar-refractivity contribution in [2.45, 2.75) is 6.92 Å². The molecule has 2 rings (SSSR count). The summed E-state index contributed by atoms with van der Waals surface area (Å²) in [5.74, 6) is 0.288. The van der Waals surface area contributed by atoms with Gasteiger partial charge in [0.05, 0.1) is 6.20 Å². The average molecular weight is 254 g/mol. The first-order valence-corrected chi connectivity index (χ1v) is 5.16. The van der Waals surface area contributed by atoms with Gasteiger partial charge in [-0.1, -0.05) is 0 Å². The van der Waals surface area contributed by atoms with Gasteiger partial charge in [-0.25, -0.2) is 9.37 Å². The number of anilines is 1. The van der Waals surface area contributed by atoms with Crippen molar-refractivity contribution < 1.29 is 9.13 Å². The summed E-state index contributed by atoms with van der Waals surface area (Å²) in [6.45, 7) is 1.72. The van der Waals surface area contributed by atoms with Crippen molar-refractivity contribution in [3.8, 4) is 11.6 Å². The molecule has 0 saturated carbocycles. The van der Waals surface area contributed by atoms with E-state index in [0.717, 1.165) is 0 Å². The van der Waals surface area contributed by atoms with Crippen molar-refractivity contribution in [1.82, 2.24) is 9.97 Å². The molecular weight excluding hydrogens is 245 g/mol. The van der Waals surface area contributed by atoms with Crippen LogP contribution in [-0.4, -0.2) is 9.97 Å². The predicted octanol–water partition coefficient (Wildman–Crippen LogP) is 2.95. The summed E-state index contributed by atoms with van der Waals surface area (Å²) in [6.07, 6.45) is 1.35. The summed E-state index contributed by atoms with van der Waals surface area (Å²) in [5.41, 5.74) is 6.53. The average Bonchev–Trinajstić information content (AvgIpc) is 2.27. The molecule has 88 valence electrons. The van der Waals surface area contributed by atoms with Crippen LogP contribution in [0.3, 0.4) is 0 Å². The van der Waals surface area contributed by atoms with Crippen LogP contribution in [0.25, 0.3) is 0 Å². The second kappa shape index (κ2) is 4.55. The van der Waals surface area contributed by atoms with Crippen LogP contribution in [0.2, 0.25) is 5.28 Å². The Labute approximate surface area is 102 Å². The fourth-order valence-corrected chi connectivity index (χ4v) is 1.39.